The standard InChI is InChI=1S/C19H25N3O3/c1-22(2)18(14-8-10-16(24-3)11-9-14)13-20-19(23)21-15-6-5-7-17(12-15)25-4/h5-12,18H,13H2,1-4H3,(H2,20,21,23). The molecule has 0 bridgehead atoms. The van der Waals surface area contributed by atoms with Crippen LogP contribution in [0.1, 0.15) is 11.6 Å². The first kappa shape index (κ1) is 18.6. The van der Waals surface area contributed by atoms with Gasteiger partial charge >= 0.3 is 6.03 Å². The first-order chi connectivity index (χ1) is 12.0. The van der Waals surface area contributed by atoms with Gasteiger partial charge in [0, 0.05) is 18.3 Å². The van der Waals surface area contributed by atoms with Gasteiger partial charge in [0.15, 0.2) is 0 Å². The zero-order valence-corrected chi connectivity index (χ0v) is 15.1. The lowest BCUT2D eigenvalue weighted by atomic mass is 10.1. The smallest absolute Gasteiger partial charge is 0.319 e. The number of amides is 2. The first-order valence-electron chi connectivity index (χ1n) is 8.02. The summed E-state index contributed by atoms with van der Waals surface area (Å²) in [4.78, 5) is 14.2. The van der Waals surface area contributed by atoms with E-state index in [-0.39, 0.29) is 12.1 Å². The van der Waals surface area contributed by atoms with Crippen molar-refractivity contribution in [2.24, 2.45) is 0 Å². The molecule has 0 saturated carbocycles. The summed E-state index contributed by atoms with van der Waals surface area (Å²) in [7, 11) is 7.20. The molecule has 6 heteroatoms. The predicted molar refractivity (Wildman–Crippen MR) is 99.4 cm³/mol. The zero-order chi connectivity index (χ0) is 18.2. The van der Waals surface area contributed by atoms with E-state index >= 15 is 0 Å². The summed E-state index contributed by atoms with van der Waals surface area (Å²) in [6, 6.07) is 14.9. The minimum atomic E-state index is -0.256. The molecule has 0 aliphatic heterocycles. The Hall–Kier alpha value is -2.73. The van der Waals surface area contributed by atoms with Gasteiger partial charge in [-0.05, 0) is 43.9 Å². The van der Waals surface area contributed by atoms with Crippen LogP contribution in [-0.2, 0) is 0 Å². The van der Waals surface area contributed by atoms with Gasteiger partial charge in [0.2, 0.25) is 0 Å². The fraction of sp³-hybridized carbons (Fsp3) is 0.316. The minimum absolute atomic E-state index is 0.0574. The number of methoxy groups -OCH3 is 2. The number of anilines is 1. The minimum Gasteiger partial charge on any atom is -0.497 e. The quantitative estimate of drug-likeness (QED) is 0.811. The average molecular weight is 343 g/mol. The van der Waals surface area contributed by atoms with E-state index in [1.165, 1.54) is 0 Å². The zero-order valence-electron chi connectivity index (χ0n) is 15.1. The van der Waals surface area contributed by atoms with Crippen molar-refractivity contribution in [2.45, 2.75) is 6.04 Å². The van der Waals surface area contributed by atoms with Crippen LogP contribution in [0, 0.1) is 0 Å². The maximum Gasteiger partial charge on any atom is 0.319 e. The Morgan fingerprint density at radius 3 is 2.32 bits per heavy atom. The number of nitrogens with zero attached hydrogens (tertiary/aromatic N) is 1. The number of nitrogens with one attached hydrogen (secondary N) is 2. The Morgan fingerprint density at radius 1 is 1.04 bits per heavy atom. The second-order valence-corrected chi connectivity index (χ2v) is 5.82. The predicted octanol–water partition coefficient (Wildman–Crippen LogP) is 3.13. The molecule has 0 aliphatic rings. The second kappa shape index (κ2) is 8.94. The number of likely N-dealkylation sites (N-methyl/N-ethyl adjacent to an activating group) is 1. The van der Waals surface area contributed by atoms with Gasteiger partial charge in [-0.3, -0.25) is 0 Å². The number of carbonyl (C=O) groups is 1. The number of benzene rings is 2. The summed E-state index contributed by atoms with van der Waals surface area (Å²) in [5.74, 6) is 1.51. The Morgan fingerprint density at radius 2 is 1.72 bits per heavy atom. The molecule has 1 unspecified atom stereocenters. The van der Waals surface area contributed by atoms with E-state index in [1.807, 2.05) is 56.6 Å². The third kappa shape index (κ3) is 5.39. The largest absolute Gasteiger partial charge is 0.497 e. The normalized spacial score (nSPS) is 11.7. The Balaban J connectivity index is 1.96. The SMILES string of the molecule is COc1ccc(C(CNC(=O)Nc2cccc(OC)c2)N(C)C)cc1. The fourth-order valence-corrected chi connectivity index (χ4v) is 2.49. The Bertz CT molecular complexity index is 687. The molecule has 0 fully saturated rings. The van der Waals surface area contributed by atoms with Crippen LogP contribution in [0.5, 0.6) is 11.5 Å². The summed E-state index contributed by atoms with van der Waals surface area (Å²) in [5.41, 5.74) is 1.79. The van der Waals surface area contributed by atoms with E-state index in [0.717, 1.165) is 11.3 Å². The average Bonchev–Trinajstić information content (AvgIpc) is 2.62. The molecule has 25 heavy (non-hydrogen) atoms. The maximum atomic E-state index is 12.2. The number of hydrogen-bond acceptors (Lipinski definition) is 4. The molecule has 0 spiro atoms. The van der Waals surface area contributed by atoms with Gasteiger partial charge in [-0.15, -0.1) is 0 Å². The first-order valence-corrected chi connectivity index (χ1v) is 8.02. The van der Waals surface area contributed by atoms with Gasteiger partial charge in [0.05, 0.1) is 20.3 Å². The summed E-state index contributed by atoms with van der Waals surface area (Å²) < 4.78 is 10.3. The van der Waals surface area contributed by atoms with Crippen LogP contribution < -0.4 is 20.1 Å². The van der Waals surface area contributed by atoms with Crippen molar-refractivity contribution in [3.8, 4) is 11.5 Å². The molecule has 2 rings (SSSR count). The van der Waals surface area contributed by atoms with E-state index in [2.05, 4.69) is 15.5 Å². The topological polar surface area (TPSA) is 62.8 Å². The molecule has 0 radical (unpaired) electrons. The molecule has 2 amide bonds. The third-order valence-corrected chi connectivity index (χ3v) is 3.91. The number of urea groups is 1. The third-order valence-electron chi connectivity index (χ3n) is 3.91. The molecule has 2 N–H and O–H groups in total. The highest BCUT2D eigenvalue weighted by atomic mass is 16.5. The molecule has 2 aromatic carbocycles. The summed E-state index contributed by atoms with van der Waals surface area (Å²) in [6.45, 7) is 0.481. The van der Waals surface area contributed by atoms with Crippen LogP contribution in [0.3, 0.4) is 0 Å². The molecule has 0 aliphatic carbocycles. The lowest BCUT2D eigenvalue weighted by molar-refractivity contribution is 0.243. The van der Waals surface area contributed by atoms with Gasteiger partial charge in [-0.2, -0.15) is 0 Å². The van der Waals surface area contributed by atoms with E-state index in [4.69, 9.17) is 9.47 Å². The lowest BCUT2D eigenvalue weighted by Crippen LogP contribution is -2.36. The molecule has 1 atom stereocenters. The van der Waals surface area contributed by atoms with Gasteiger partial charge in [0.1, 0.15) is 11.5 Å². The molecule has 0 aromatic heterocycles. The maximum absolute atomic E-state index is 12.2. The molecular weight excluding hydrogens is 318 g/mol. The summed E-state index contributed by atoms with van der Waals surface area (Å²) in [6.07, 6.45) is 0. The fourth-order valence-electron chi connectivity index (χ4n) is 2.49. The molecule has 134 valence electrons. The van der Waals surface area contributed by atoms with Crippen LogP contribution in [0.15, 0.2) is 48.5 Å². The van der Waals surface area contributed by atoms with Gasteiger partial charge in [-0.1, -0.05) is 18.2 Å². The lowest BCUT2D eigenvalue weighted by Gasteiger charge is -2.25. The van der Waals surface area contributed by atoms with Gasteiger partial charge in [-0.25, -0.2) is 4.79 Å². The van der Waals surface area contributed by atoms with Crippen LogP contribution in [0.25, 0.3) is 0 Å². The van der Waals surface area contributed by atoms with Crippen LogP contribution in [0.4, 0.5) is 10.5 Å². The Labute approximate surface area is 148 Å². The van der Waals surface area contributed by atoms with Crippen molar-refractivity contribution in [2.75, 3.05) is 40.2 Å². The van der Waals surface area contributed by atoms with Gasteiger partial charge < -0.3 is 25.0 Å². The van der Waals surface area contributed by atoms with E-state index in [1.54, 1.807) is 20.3 Å². The van der Waals surface area contributed by atoms with Crippen molar-refractivity contribution in [3.05, 3.63) is 54.1 Å². The second-order valence-electron chi connectivity index (χ2n) is 5.82. The van der Waals surface area contributed by atoms with Crippen molar-refractivity contribution >= 4 is 11.7 Å². The number of hydrogen-bond donors (Lipinski definition) is 2. The molecule has 6 nitrogen and oxygen atoms in total. The van der Waals surface area contributed by atoms with Crippen LogP contribution in [0.2, 0.25) is 0 Å². The number of ether oxygens (including phenoxy) is 2. The van der Waals surface area contributed by atoms with Crippen LogP contribution >= 0.6 is 0 Å². The van der Waals surface area contributed by atoms with Crippen molar-refractivity contribution in [3.63, 3.8) is 0 Å². The van der Waals surface area contributed by atoms with E-state index in [9.17, 15) is 4.79 Å². The highest BCUT2D eigenvalue weighted by Crippen LogP contribution is 2.21. The Kier molecular flexibility index (Phi) is 6.65. The highest BCUT2D eigenvalue weighted by molar-refractivity contribution is 5.89. The molecule has 0 heterocycles. The summed E-state index contributed by atoms with van der Waals surface area (Å²) in [5, 5.41) is 5.73. The monoisotopic (exact) mass is 343 g/mol. The summed E-state index contributed by atoms with van der Waals surface area (Å²) >= 11 is 0. The van der Waals surface area contributed by atoms with Crippen molar-refractivity contribution in [1.29, 1.82) is 0 Å². The number of rotatable bonds is 7. The van der Waals surface area contributed by atoms with Gasteiger partial charge in [0.25, 0.3) is 0 Å². The molecular formula is C19H25N3O3. The molecule has 2 aromatic rings. The number of carbonyl (C=O) groups excluding carboxylic acids is 1. The van der Waals surface area contributed by atoms with E-state index < -0.39 is 0 Å². The van der Waals surface area contributed by atoms with Crippen LogP contribution in [-0.4, -0.2) is 45.8 Å². The molecule has 0 saturated heterocycles. The van der Waals surface area contributed by atoms with Crippen molar-refractivity contribution in [1.82, 2.24) is 10.2 Å². The highest BCUT2D eigenvalue weighted by Gasteiger charge is 2.15. The van der Waals surface area contributed by atoms with Crippen molar-refractivity contribution < 1.29 is 14.3 Å². The van der Waals surface area contributed by atoms with E-state index in [0.29, 0.717) is 18.0 Å².